The number of nitrogens with zero attached hydrogens (tertiary/aromatic N) is 1. The smallest absolute Gasteiger partial charge is 0.354 e. The van der Waals surface area contributed by atoms with Gasteiger partial charge in [0, 0.05) is 28.1 Å². The van der Waals surface area contributed by atoms with Gasteiger partial charge < -0.3 is 25.7 Å². The van der Waals surface area contributed by atoms with Gasteiger partial charge >= 0.3 is 16.1 Å². The number of carbonyl (C=O) groups is 3. The SMILES string of the molecule is Cc1ccc(-c2ccc(C(=O)N[C@H](CO)C(C)C)cc2C(=O)OS(C)(=O)=O)c(C(=O)Nc2ccc(C(=N)N)cc2)n1. The Kier molecular flexibility index (Phi) is 9.58. The predicted molar refractivity (Wildman–Crippen MR) is 153 cm³/mol. The van der Waals surface area contributed by atoms with Crippen LogP contribution in [-0.4, -0.2) is 61.0 Å². The van der Waals surface area contributed by atoms with Gasteiger partial charge in [-0.1, -0.05) is 26.0 Å². The first-order valence-corrected chi connectivity index (χ1v) is 14.2. The van der Waals surface area contributed by atoms with Crippen LogP contribution >= 0.6 is 0 Å². The molecule has 0 aliphatic carbocycles. The molecule has 0 bridgehead atoms. The molecule has 13 heteroatoms. The van der Waals surface area contributed by atoms with Gasteiger partial charge in [-0.25, -0.2) is 9.78 Å². The van der Waals surface area contributed by atoms with Gasteiger partial charge in [0.2, 0.25) is 0 Å². The summed E-state index contributed by atoms with van der Waals surface area (Å²) >= 11 is 0. The topological polar surface area (TPSA) is 202 Å². The molecule has 3 aromatic rings. The second-order valence-corrected chi connectivity index (χ2v) is 11.2. The molecule has 0 radical (unpaired) electrons. The molecule has 0 fully saturated rings. The highest BCUT2D eigenvalue weighted by molar-refractivity contribution is 7.86. The van der Waals surface area contributed by atoms with Gasteiger partial charge in [-0.05, 0) is 60.9 Å². The molecule has 6 N–H and O–H groups in total. The van der Waals surface area contributed by atoms with Crippen LogP contribution in [0.3, 0.4) is 0 Å². The molecule has 1 aromatic heterocycles. The lowest BCUT2D eigenvalue weighted by molar-refractivity contribution is 0.0748. The molecule has 0 saturated heterocycles. The summed E-state index contributed by atoms with van der Waals surface area (Å²) in [5.74, 6) is -2.71. The van der Waals surface area contributed by atoms with Crippen LogP contribution in [0, 0.1) is 18.3 Å². The molecule has 0 aliphatic heterocycles. The van der Waals surface area contributed by atoms with Crippen LogP contribution in [-0.2, 0) is 14.3 Å². The van der Waals surface area contributed by atoms with Crippen molar-refractivity contribution in [3.8, 4) is 11.1 Å². The maximum Gasteiger partial charge on any atom is 0.354 e. The van der Waals surface area contributed by atoms with Gasteiger partial charge in [-0.15, -0.1) is 0 Å². The van der Waals surface area contributed by atoms with Gasteiger partial charge in [-0.3, -0.25) is 15.0 Å². The maximum atomic E-state index is 13.3. The number of rotatable bonds is 10. The molecule has 0 saturated carbocycles. The number of hydrogen-bond acceptors (Lipinski definition) is 9. The number of anilines is 1. The molecule has 0 spiro atoms. The summed E-state index contributed by atoms with van der Waals surface area (Å²) < 4.78 is 28.2. The number of carbonyl (C=O) groups excluding carboxylic acids is 3. The number of aliphatic hydroxyl groups excluding tert-OH is 1. The van der Waals surface area contributed by atoms with Crippen LogP contribution in [0.1, 0.15) is 56.3 Å². The number of nitrogens with two attached hydrogens (primary N) is 1. The monoisotopic (exact) mass is 581 g/mol. The Bertz CT molecular complexity index is 1600. The number of aryl methyl sites for hydroxylation is 1. The Morgan fingerprint density at radius 3 is 2.17 bits per heavy atom. The number of aromatic nitrogens is 1. The fraction of sp³-hybridized carbons (Fsp3) is 0.250. The predicted octanol–water partition coefficient (Wildman–Crippen LogP) is 2.46. The van der Waals surface area contributed by atoms with Crippen molar-refractivity contribution in [2.24, 2.45) is 11.7 Å². The van der Waals surface area contributed by atoms with E-state index < -0.39 is 33.9 Å². The molecular formula is C28H31N5O7S. The summed E-state index contributed by atoms with van der Waals surface area (Å²) in [7, 11) is -4.22. The van der Waals surface area contributed by atoms with E-state index in [0.29, 0.717) is 23.2 Å². The first-order valence-electron chi connectivity index (χ1n) is 12.4. The lowest BCUT2D eigenvalue weighted by atomic mass is 9.95. The highest BCUT2D eigenvalue weighted by atomic mass is 32.2. The van der Waals surface area contributed by atoms with E-state index in [9.17, 15) is 27.9 Å². The van der Waals surface area contributed by atoms with E-state index in [0.717, 1.165) is 6.07 Å². The van der Waals surface area contributed by atoms with Crippen molar-refractivity contribution >= 4 is 39.4 Å². The summed E-state index contributed by atoms with van der Waals surface area (Å²) in [6.45, 7) is 4.98. The number of pyridine rings is 1. The average Bonchev–Trinajstić information content (AvgIpc) is 2.90. The molecular weight excluding hydrogens is 550 g/mol. The third-order valence-electron chi connectivity index (χ3n) is 6.04. The number of nitrogens with one attached hydrogen (secondary N) is 3. The molecule has 41 heavy (non-hydrogen) atoms. The number of hydrogen-bond donors (Lipinski definition) is 5. The summed E-state index contributed by atoms with van der Waals surface area (Å²) in [5, 5.41) is 22.5. The van der Waals surface area contributed by atoms with Crippen molar-refractivity contribution in [3.05, 3.63) is 82.7 Å². The molecule has 2 amide bonds. The normalized spacial score (nSPS) is 12.0. The quantitative estimate of drug-likeness (QED) is 0.135. The molecule has 12 nitrogen and oxygen atoms in total. The van der Waals surface area contributed by atoms with Crippen molar-refractivity contribution in [2.75, 3.05) is 18.2 Å². The fourth-order valence-electron chi connectivity index (χ4n) is 3.82. The minimum atomic E-state index is -4.22. The minimum Gasteiger partial charge on any atom is -0.394 e. The number of benzene rings is 2. The molecule has 216 valence electrons. The van der Waals surface area contributed by atoms with Gasteiger partial charge in [0.15, 0.2) is 0 Å². The third-order valence-corrected chi connectivity index (χ3v) is 6.49. The Balaban J connectivity index is 2.10. The lowest BCUT2D eigenvalue weighted by Gasteiger charge is -2.20. The van der Waals surface area contributed by atoms with E-state index >= 15 is 0 Å². The average molecular weight is 582 g/mol. The summed E-state index contributed by atoms with van der Waals surface area (Å²) in [6.07, 6.45) is 0.708. The van der Waals surface area contributed by atoms with E-state index in [1.54, 1.807) is 43.3 Å². The Morgan fingerprint density at radius 2 is 1.61 bits per heavy atom. The standard InChI is InChI=1S/C28H31N5O7S/c1-15(2)23(14-34)33-26(35)18-8-12-20(22(13-18)28(37)40-41(4,38)39)21-11-5-16(3)31-24(21)27(36)32-19-9-6-17(7-10-19)25(29)30/h5-13,15,23,34H,14H2,1-4H3,(H3,29,30)(H,32,36)(H,33,35)/t23-/m1/s1. The van der Waals surface area contributed by atoms with Gasteiger partial charge in [-0.2, -0.15) is 8.42 Å². The fourth-order valence-corrected chi connectivity index (χ4v) is 4.18. The Labute approximate surface area is 237 Å². The highest BCUT2D eigenvalue weighted by Gasteiger charge is 2.25. The largest absolute Gasteiger partial charge is 0.394 e. The zero-order valence-corrected chi connectivity index (χ0v) is 23.7. The molecule has 1 heterocycles. The van der Waals surface area contributed by atoms with Crippen LogP contribution in [0.4, 0.5) is 5.69 Å². The third kappa shape index (κ3) is 7.96. The van der Waals surface area contributed by atoms with E-state index in [4.69, 9.17) is 11.1 Å². The van der Waals surface area contributed by atoms with E-state index in [1.165, 1.54) is 12.1 Å². The second-order valence-electron chi connectivity index (χ2n) is 9.64. The molecule has 1 atom stereocenters. The summed E-state index contributed by atoms with van der Waals surface area (Å²) in [6, 6.07) is 12.8. The van der Waals surface area contributed by atoms with Crippen molar-refractivity contribution in [3.63, 3.8) is 0 Å². The van der Waals surface area contributed by atoms with Crippen LogP contribution in [0.5, 0.6) is 0 Å². The zero-order valence-electron chi connectivity index (χ0n) is 22.9. The second kappa shape index (κ2) is 12.7. The van der Waals surface area contributed by atoms with Crippen LogP contribution < -0.4 is 16.4 Å². The van der Waals surface area contributed by atoms with E-state index in [1.807, 2.05) is 13.8 Å². The van der Waals surface area contributed by atoms with Gasteiger partial charge in [0.1, 0.15) is 11.5 Å². The summed E-state index contributed by atoms with van der Waals surface area (Å²) in [5.41, 5.74) is 6.74. The number of aliphatic hydroxyl groups is 1. The minimum absolute atomic E-state index is 0.00457. The summed E-state index contributed by atoms with van der Waals surface area (Å²) in [4.78, 5) is 43.6. The number of amidine groups is 1. The maximum absolute atomic E-state index is 13.3. The van der Waals surface area contributed by atoms with Gasteiger partial charge in [0.05, 0.1) is 24.5 Å². The van der Waals surface area contributed by atoms with Crippen molar-refractivity contribution in [1.29, 1.82) is 5.41 Å². The first-order chi connectivity index (χ1) is 19.2. The Hall–Kier alpha value is -4.62. The zero-order chi connectivity index (χ0) is 30.5. The van der Waals surface area contributed by atoms with Crippen LogP contribution in [0.15, 0.2) is 54.6 Å². The molecule has 0 aliphatic rings. The van der Waals surface area contributed by atoms with Crippen molar-refractivity contribution < 1.29 is 32.1 Å². The van der Waals surface area contributed by atoms with Crippen molar-refractivity contribution in [2.45, 2.75) is 26.8 Å². The van der Waals surface area contributed by atoms with Gasteiger partial charge in [0.25, 0.3) is 11.8 Å². The first kappa shape index (κ1) is 30.9. The van der Waals surface area contributed by atoms with Crippen LogP contribution in [0.2, 0.25) is 0 Å². The van der Waals surface area contributed by atoms with Crippen molar-refractivity contribution in [1.82, 2.24) is 10.3 Å². The Morgan fingerprint density at radius 1 is 1.00 bits per heavy atom. The van der Waals surface area contributed by atoms with E-state index in [-0.39, 0.29) is 46.3 Å². The highest BCUT2D eigenvalue weighted by Crippen LogP contribution is 2.30. The molecule has 2 aromatic carbocycles. The lowest BCUT2D eigenvalue weighted by Crippen LogP contribution is -2.41. The van der Waals surface area contributed by atoms with Crippen LogP contribution in [0.25, 0.3) is 11.1 Å². The number of amides is 2. The van der Waals surface area contributed by atoms with E-state index in [2.05, 4.69) is 19.8 Å². The number of nitrogen functional groups attached to an aromatic ring is 1. The molecule has 0 unspecified atom stereocenters. The molecule has 3 rings (SSSR count).